The lowest BCUT2D eigenvalue weighted by Gasteiger charge is -2.24. The number of carbonyl (C=O) groups is 2. The number of hydrogen-bond donors (Lipinski definition) is 1. The molecule has 0 saturated carbocycles. The summed E-state index contributed by atoms with van der Waals surface area (Å²) < 4.78 is 1.65. The molecule has 1 aliphatic heterocycles. The molecule has 7 heteroatoms. The van der Waals surface area contributed by atoms with Crippen molar-refractivity contribution in [1.82, 2.24) is 19.9 Å². The first-order valence-corrected chi connectivity index (χ1v) is 9.32. The number of benzene rings is 2. The molecule has 0 spiro atoms. The van der Waals surface area contributed by atoms with E-state index in [-0.39, 0.29) is 11.8 Å². The van der Waals surface area contributed by atoms with Gasteiger partial charge < -0.3 is 10.2 Å². The van der Waals surface area contributed by atoms with Crippen LogP contribution in [-0.2, 0) is 16.0 Å². The SMILES string of the molecule is O=C(Nc1ccc(-n2ccnn2)cc1)C1CCCN1C(=O)Cc1ccccc1. The van der Waals surface area contributed by atoms with E-state index in [1.807, 2.05) is 54.6 Å². The lowest BCUT2D eigenvalue weighted by molar-refractivity contribution is -0.136. The van der Waals surface area contributed by atoms with Crippen molar-refractivity contribution < 1.29 is 9.59 Å². The first-order valence-electron chi connectivity index (χ1n) is 9.32. The minimum atomic E-state index is -0.425. The van der Waals surface area contributed by atoms with Gasteiger partial charge in [-0.3, -0.25) is 9.59 Å². The van der Waals surface area contributed by atoms with Gasteiger partial charge in [0.1, 0.15) is 6.04 Å². The van der Waals surface area contributed by atoms with Gasteiger partial charge in [-0.1, -0.05) is 35.5 Å². The Labute approximate surface area is 163 Å². The van der Waals surface area contributed by atoms with Gasteiger partial charge >= 0.3 is 0 Å². The van der Waals surface area contributed by atoms with E-state index in [4.69, 9.17) is 0 Å². The summed E-state index contributed by atoms with van der Waals surface area (Å²) in [6, 6.07) is 16.5. The van der Waals surface area contributed by atoms with Crippen LogP contribution in [0.25, 0.3) is 5.69 Å². The van der Waals surface area contributed by atoms with Gasteiger partial charge in [0.2, 0.25) is 11.8 Å². The lowest BCUT2D eigenvalue weighted by Crippen LogP contribution is -2.43. The molecule has 0 bridgehead atoms. The van der Waals surface area contributed by atoms with Gasteiger partial charge in [-0.05, 0) is 42.7 Å². The molecule has 142 valence electrons. The zero-order valence-corrected chi connectivity index (χ0v) is 15.4. The van der Waals surface area contributed by atoms with E-state index in [1.165, 1.54) is 0 Å². The lowest BCUT2D eigenvalue weighted by atomic mass is 10.1. The predicted molar refractivity (Wildman–Crippen MR) is 105 cm³/mol. The highest BCUT2D eigenvalue weighted by Crippen LogP contribution is 2.21. The van der Waals surface area contributed by atoms with Crippen molar-refractivity contribution in [1.29, 1.82) is 0 Å². The number of hydrogen-bond acceptors (Lipinski definition) is 4. The van der Waals surface area contributed by atoms with Crippen molar-refractivity contribution in [2.75, 3.05) is 11.9 Å². The third kappa shape index (κ3) is 3.93. The first kappa shape index (κ1) is 17.9. The van der Waals surface area contributed by atoms with Crippen molar-refractivity contribution in [2.24, 2.45) is 0 Å². The van der Waals surface area contributed by atoms with Crippen LogP contribution >= 0.6 is 0 Å². The van der Waals surface area contributed by atoms with Crippen molar-refractivity contribution >= 4 is 17.5 Å². The molecule has 1 aliphatic rings. The summed E-state index contributed by atoms with van der Waals surface area (Å²) in [5.41, 5.74) is 2.51. The van der Waals surface area contributed by atoms with Crippen LogP contribution in [0.4, 0.5) is 5.69 Å². The average Bonchev–Trinajstić information content (AvgIpc) is 3.41. The first-order chi connectivity index (χ1) is 13.7. The second kappa shape index (κ2) is 8.04. The van der Waals surface area contributed by atoms with Gasteiger partial charge in [0.15, 0.2) is 0 Å². The topological polar surface area (TPSA) is 80.1 Å². The summed E-state index contributed by atoms with van der Waals surface area (Å²) in [5.74, 6) is -0.155. The van der Waals surface area contributed by atoms with E-state index in [0.29, 0.717) is 25.1 Å². The standard InChI is InChI=1S/C21H21N5O2/c27-20(15-16-5-2-1-3-6-16)25-13-4-7-19(25)21(28)23-17-8-10-18(11-9-17)26-14-12-22-24-26/h1-3,5-6,8-12,14,19H,4,7,13,15H2,(H,23,28). The molecule has 2 aromatic carbocycles. The number of nitrogens with one attached hydrogen (secondary N) is 1. The minimum absolute atomic E-state index is 0.00891. The van der Waals surface area contributed by atoms with E-state index < -0.39 is 6.04 Å². The largest absolute Gasteiger partial charge is 0.330 e. The number of aromatic nitrogens is 3. The van der Waals surface area contributed by atoms with Crippen LogP contribution in [-0.4, -0.2) is 44.3 Å². The molecule has 1 fully saturated rings. The Balaban J connectivity index is 1.40. The van der Waals surface area contributed by atoms with Crippen LogP contribution in [0.15, 0.2) is 67.0 Å². The number of anilines is 1. The highest BCUT2D eigenvalue weighted by molar-refractivity contribution is 5.97. The van der Waals surface area contributed by atoms with Crippen LogP contribution in [0.2, 0.25) is 0 Å². The molecule has 1 unspecified atom stereocenters. The fraction of sp³-hybridized carbons (Fsp3) is 0.238. The Morgan fingerprint density at radius 3 is 2.57 bits per heavy atom. The molecule has 0 aliphatic carbocycles. The Kier molecular flexibility index (Phi) is 5.14. The highest BCUT2D eigenvalue weighted by atomic mass is 16.2. The Hall–Kier alpha value is -3.48. The maximum Gasteiger partial charge on any atom is 0.247 e. The van der Waals surface area contributed by atoms with Gasteiger partial charge in [-0.15, -0.1) is 5.10 Å². The molecule has 2 amide bonds. The highest BCUT2D eigenvalue weighted by Gasteiger charge is 2.33. The zero-order chi connectivity index (χ0) is 19.3. The number of amides is 2. The monoisotopic (exact) mass is 375 g/mol. The molecule has 3 aromatic rings. The quantitative estimate of drug-likeness (QED) is 0.743. The maximum atomic E-state index is 12.8. The molecule has 4 rings (SSSR count). The smallest absolute Gasteiger partial charge is 0.247 e. The van der Waals surface area contributed by atoms with Gasteiger partial charge in [-0.25, -0.2) is 4.68 Å². The van der Waals surface area contributed by atoms with Gasteiger partial charge in [0.25, 0.3) is 0 Å². The molecular weight excluding hydrogens is 354 g/mol. The molecule has 1 N–H and O–H groups in total. The minimum Gasteiger partial charge on any atom is -0.330 e. The maximum absolute atomic E-state index is 12.8. The summed E-state index contributed by atoms with van der Waals surface area (Å²) in [4.78, 5) is 27.2. The van der Waals surface area contributed by atoms with Crippen LogP contribution in [0.3, 0.4) is 0 Å². The molecule has 0 radical (unpaired) electrons. The number of nitrogens with zero attached hydrogens (tertiary/aromatic N) is 4. The van der Waals surface area contributed by atoms with E-state index in [2.05, 4.69) is 15.6 Å². The Morgan fingerprint density at radius 2 is 1.86 bits per heavy atom. The third-order valence-corrected chi connectivity index (χ3v) is 4.90. The van der Waals surface area contributed by atoms with Gasteiger partial charge in [-0.2, -0.15) is 0 Å². The summed E-state index contributed by atoms with van der Waals surface area (Å²) in [6.07, 6.45) is 5.20. The molecule has 1 aromatic heterocycles. The molecule has 2 heterocycles. The third-order valence-electron chi connectivity index (χ3n) is 4.90. The average molecular weight is 375 g/mol. The number of rotatable bonds is 5. The van der Waals surface area contributed by atoms with Crippen molar-refractivity contribution in [3.8, 4) is 5.69 Å². The Bertz CT molecular complexity index is 939. The van der Waals surface area contributed by atoms with Gasteiger partial charge in [0.05, 0.1) is 24.5 Å². The zero-order valence-electron chi connectivity index (χ0n) is 15.4. The van der Waals surface area contributed by atoms with Crippen LogP contribution in [0.1, 0.15) is 18.4 Å². The van der Waals surface area contributed by atoms with E-state index in [0.717, 1.165) is 17.7 Å². The van der Waals surface area contributed by atoms with E-state index >= 15 is 0 Å². The summed E-state index contributed by atoms with van der Waals surface area (Å²) in [6.45, 7) is 0.620. The second-order valence-corrected chi connectivity index (χ2v) is 6.79. The molecule has 1 atom stereocenters. The summed E-state index contributed by atoms with van der Waals surface area (Å²) in [5, 5.41) is 10.6. The van der Waals surface area contributed by atoms with Crippen LogP contribution in [0, 0.1) is 0 Å². The summed E-state index contributed by atoms with van der Waals surface area (Å²) in [7, 11) is 0. The van der Waals surface area contributed by atoms with Crippen molar-refractivity contribution in [3.05, 3.63) is 72.6 Å². The van der Waals surface area contributed by atoms with Crippen molar-refractivity contribution in [2.45, 2.75) is 25.3 Å². The van der Waals surface area contributed by atoms with Crippen LogP contribution < -0.4 is 5.32 Å². The fourth-order valence-electron chi connectivity index (χ4n) is 3.48. The number of likely N-dealkylation sites (tertiary alicyclic amines) is 1. The molecule has 28 heavy (non-hydrogen) atoms. The number of carbonyl (C=O) groups excluding carboxylic acids is 2. The molecular formula is C21H21N5O2. The van der Waals surface area contributed by atoms with Gasteiger partial charge in [0, 0.05) is 12.2 Å². The van der Waals surface area contributed by atoms with Crippen molar-refractivity contribution in [3.63, 3.8) is 0 Å². The van der Waals surface area contributed by atoms with E-state index in [1.54, 1.807) is 22.0 Å². The molecule has 7 nitrogen and oxygen atoms in total. The Morgan fingerprint density at radius 1 is 1.07 bits per heavy atom. The van der Waals surface area contributed by atoms with Crippen LogP contribution in [0.5, 0.6) is 0 Å². The summed E-state index contributed by atoms with van der Waals surface area (Å²) >= 11 is 0. The predicted octanol–water partition coefficient (Wildman–Crippen LogP) is 2.44. The fourth-order valence-corrected chi connectivity index (χ4v) is 3.48. The molecule has 1 saturated heterocycles. The van der Waals surface area contributed by atoms with E-state index in [9.17, 15) is 9.59 Å². The normalized spacial score (nSPS) is 16.1. The second-order valence-electron chi connectivity index (χ2n) is 6.79.